The molecular weight excluding hydrogens is 342 g/mol. The maximum absolute atomic E-state index is 11.8. The average Bonchev–Trinajstić information content (AvgIpc) is 1.85. The number of halogens is 3. The molecule has 56 valence electrons. The summed E-state index contributed by atoms with van der Waals surface area (Å²) < 4.78 is 32.2. The Morgan fingerprint density at radius 2 is 1.55 bits per heavy atom. The molecule has 1 aromatic carbocycles. The molecule has 0 saturated carbocycles. The second kappa shape index (κ2) is 3.56. The first kappa shape index (κ1) is 9.04. The Balaban J connectivity index is 2.66. The molecule has 0 nitrogen and oxygen atoms in total. The van der Waals surface area contributed by atoms with E-state index in [2.05, 4.69) is 0 Å². The van der Waals surface area contributed by atoms with E-state index in [1.165, 1.54) is 0 Å². The van der Waals surface area contributed by atoms with Crippen LogP contribution < -0.4 is 3.07 Å². The van der Waals surface area contributed by atoms with Crippen LogP contribution in [0.3, 0.4) is 0 Å². The fourth-order valence-corrected chi connectivity index (χ4v) is 4.60. The second-order valence-electron chi connectivity index (χ2n) is 2.28. The van der Waals surface area contributed by atoms with E-state index in [0.717, 1.165) is 0 Å². The summed E-state index contributed by atoms with van der Waals surface area (Å²) in [5.74, 6) is 0. The van der Waals surface area contributed by atoms with Gasteiger partial charge in [-0.05, 0) is 0 Å². The molecule has 0 aliphatic heterocycles. The molecule has 0 N–H and O–H groups in total. The summed E-state index contributed by atoms with van der Waals surface area (Å²) in [4.78, 5) is 0. The number of hydrogen-bond donors (Lipinski definition) is 0. The third kappa shape index (κ3) is 3.75. The predicted octanol–water partition coefficient (Wildman–Crippen LogP) is 1.91. The Morgan fingerprint density at radius 1 is 1.00 bits per heavy atom. The Morgan fingerprint density at radius 3 is 2.00 bits per heavy atom. The summed E-state index contributed by atoms with van der Waals surface area (Å²) in [6.45, 7) is 0. The summed E-state index contributed by atoms with van der Waals surface area (Å²) in [5.41, 5.74) is 0. The van der Waals surface area contributed by atoms with Crippen LogP contribution in [0.1, 0.15) is 0 Å². The monoisotopic (exact) mass is 348 g/mol. The summed E-state index contributed by atoms with van der Waals surface area (Å²) in [6, 6.07) is 8.17. The van der Waals surface area contributed by atoms with Crippen LogP contribution in [-0.2, 0) is 24.6 Å². The molecule has 0 heterocycles. The van der Waals surface area contributed by atoms with Crippen molar-refractivity contribution in [2.45, 2.75) is 3.69 Å². The first-order chi connectivity index (χ1) is 5.08. The zero-order valence-corrected chi connectivity index (χ0v) is 11.2. The van der Waals surface area contributed by atoms with Crippen LogP contribution >= 0.6 is 0 Å². The van der Waals surface area contributed by atoms with Gasteiger partial charge >= 0.3 is 74.8 Å². The molecule has 4 heteroatoms. The molecule has 11 heavy (non-hydrogen) atoms. The molecule has 0 saturated heterocycles. The standard InChI is InChI=1S/C6H5.CF3.Hg/c1-2-4-6-5-3-1;2-1(3)4;/h1-5H;;. The Labute approximate surface area is 74.8 Å². The van der Waals surface area contributed by atoms with Crippen molar-refractivity contribution in [1.82, 2.24) is 0 Å². The topological polar surface area (TPSA) is 0 Å². The van der Waals surface area contributed by atoms with Gasteiger partial charge in [0.25, 0.3) is 0 Å². The van der Waals surface area contributed by atoms with Gasteiger partial charge in [-0.2, -0.15) is 0 Å². The minimum absolute atomic E-state index is 0.528. The van der Waals surface area contributed by atoms with Crippen molar-refractivity contribution >= 4 is 3.07 Å². The molecule has 0 aliphatic rings. The van der Waals surface area contributed by atoms with Crippen molar-refractivity contribution in [3.05, 3.63) is 30.3 Å². The van der Waals surface area contributed by atoms with Gasteiger partial charge < -0.3 is 0 Å². The molecule has 0 radical (unpaired) electrons. The fourth-order valence-electron chi connectivity index (χ4n) is 0.827. The molecule has 0 amide bonds. The molecule has 0 bridgehead atoms. The molecule has 0 aliphatic carbocycles. The molecule has 0 atom stereocenters. The van der Waals surface area contributed by atoms with Crippen molar-refractivity contribution in [2.75, 3.05) is 0 Å². The van der Waals surface area contributed by atoms with Crippen molar-refractivity contribution in [3.63, 3.8) is 0 Å². The summed E-state index contributed by atoms with van der Waals surface area (Å²) in [5, 5.41) is 0. The molecule has 1 aromatic rings. The zero-order valence-electron chi connectivity index (χ0n) is 5.73. The van der Waals surface area contributed by atoms with Crippen LogP contribution in [0.4, 0.5) is 13.2 Å². The van der Waals surface area contributed by atoms with Crippen molar-refractivity contribution < 1.29 is 37.7 Å². The Kier molecular flexibility index (Phi) is 2.93. The Hall–Kier alpha value is -0.0549. The van der Waals surface area contributed by atoms with E-state index < -0.39 is 28.3 Å². The minimum atomic E-state index is -3.87. The van der Waals surface area contributed by atoms with E-state index in [4.69, 9.17) is 0 Å². The molecule has 1 rings (SSSR count). The SMILES string of the molecule is F[C](F)(F)[Hg][c]1ccccc1. The van der Waals surface area contributed by atoms with Gasteiger partial charge in [-0.25, -0.2) is 0 Å². The average molecular weight is 347 g/mol. The van der Waals surface area contributed by atoms with Gasteiger partial charge in [-0.1, -0.05) is 0 Å². The number of benzene rings is 1. The summed E-state index contributed by atoms with van der Waals surface area (Å²) >= 11 is -2.81. The van der Waals surface area contributed by atoms with E-state index in [-0.39, 0.29) is 0 Å². The van der Waals surface area contributed by atoms with Crippen LogP contribution in [0, 0.1) is 0 Å². The number of alkyl halides is 3. The van der Waals surface area contributed by atoms with Gasteiger partial charge in [0.2, 0.25) is 0 Å². The number of rotatable bonds is 1. The molecular formula is C7H5F3Hg. The zero-order chi connectivity index (χ0) is 8.32. The van der Waals surface area contributed by atoms with E-state index >= 15 is 0 Å². The van der Waals surface area contributed by atoms with Crippen molar-refractivity contribution in [3.8, 4) is 0 Å². The molecule has 0 aromatic heterocycles. The Bertz CT molecular complexity index is 217. The van der Waals surface area contributed by atoms with E-state index in [1.54, 1.807) is 30.3 Å². The van der Waals surface area contributed by atoms with E-state index in [9.17, 15) is 13.2 Å². The molecule has 0 unspecified atom stereocenters. The summed E-state index contributed by atoms with van der Waals surface area (Å²) in [6.07, 6.45) is 0. The third-order valence-corrected chi connectivity index (χ3v) is 6.23. The van der Waals surface area contributed by atoms with Crippen LogP contribution in [0.2, 0.25) is 0 Å². The quantitative estimate of drug-likeness (QED) is 0.682. The van der Waals surface area contributed by atoms with Gasteiger partial charge in [0.15, 0.2) is 0 Å². The van der Waals surface area contributed by atoms with Crippen LogP contribution in [0.15, 0.2) is 30.3 Å². The van der Waals surface area contributed by atoms with Gasteiger partial charge in [0, 0.05) is 0 Å². The number of hydrogen-bond acceptors (Lipinski definition) is 0. The van der Waals surface area contributed by atoms with E-state index in [0.29, 0.717) is 3.07 Å². The van der Waals surface area contributed by atoms with Gasteiger partial charge in [-0.15, -0.1) is 0 Å². The van der Waals surface area contributed by atoms with Crippen LogP contribution in [0.5, 0.6) is 0 Å². The van der Waals surface area contributed by atoms with Crippen molar-refractivity contribution in [1.29, 1.82) is 0 Å². The first-order valence-corrected chi connectivity index (χ1v) is 8.68. The second-order valence-corrected chi connectivity index (χ2v) is 9.94. The van der Waals surface area contributed by atoms with E-state index in [1.807, 2.05) is 0 Å². The van der Waals surface area contributed by atoms with Gasteiger partial charge in [-0.3, -0.25) is 0 Å². The van der Waals surface area contributed by atoms with Crippen molar-refractivity contribution in [2.24, 2.45) is 0 Å². The van der Waals surface area contributed by atoms with Gasteiger partial charge in [0.1, 0.15) is 0 Å². The normalized spacial score (nSPS) is 10.8. The molecule has 0 fully saturated rings. The first-order valence-electron chi connectivity index (χ1n) is 3.18. The van der Waals surface area contributed by atoms with Crippen LogP contribution in [-0.4, -0.2) is 3.69 Å². The van der Waals surface area contributed by atoms with Gasteiger partial charge in [0.05, 0.1) is 0 Å². The predicted molar refractivity (Wildman–Crippen MR) is 32.1 cm³/mol. The van der Waals surface area contributed by atoms with Crippen LogP contribution in [0.25, 0.3) is 0 Å². The maximum atomic E-state index is 11.8. The third-order valence-electron chi connectivity index (χ3n) is 1.25. The fraction of sp³-hybridized carbons (Fsp3) is 0.143. The summed E-state index contributed by atoms with van der Waals surface area (Å²) in [7, 11) is 0. The molecule has 0 spiro atoms.